The lowest BCUT2D eigenvalue weighted by atomic mass is 9.86. The average molecular weight is 176 g/mol. The van der Waals surface area contributed by atoms with Crippen LogP contribution in [-0.2, 0) is 4.79 Å². The average Bonchev–Trinajstić information content (AvgIpc) is 2.02. The number of hydrogen-bond donors (Lipinski definition) is 0. The Morgan fingerprint density at radius 2 is 2.08 bits per heavy atom. The molecule has 0 aromatic rings. The van der Waals surface area contributed by atoms with Crippen LogP contribution in [0, 0.1) is 0 Å². The predicted molar refractivity (Wildman–Crippen MR) is 55.5 cm³/mol. The number of carbonyl (C=O) groups excluding carboxylic acids is 1. The van der Waals surface area contributed by atoms with Crippen molar-refractivity contribution >= 4 is 5.78 Å². The van der Waals surface area contributed by atoms with E-state index < -0.39 is 0 Å². The van der Waals surface area contributed by atoms with Crippen molar-refractivity contribution in [3.05, 3.63) is 34.9 Å². The topological polar surface area (TPSA) is 17.1 Å². The fourth-order valence-electron chi connectivity index (χ4n) is 1.80. The molecule has 0 aliphatic heterocycles. The minimum atomic E-state index is 0.150. The van der Waals surface area contributed by atoms with E-state index in [1.807, 2.05) is 13.0 Å². The molecule has 0 radical (unpaired) electrons. The Labute approximate surface area is 79.8 Å². The summed E-state index contributed by atoms with van der Waals surface area (Å²) in [4.78, 5) is 11.3. The quantitative estimate of drug-likeness (QED) is 0.631. The standard InChI is InChI=1S/C12H16O/c1-8(2)12-9(3)6-5-7-11(12)10(4)13/h7H,1,5-6H2,2-4H3. The molecule has 0 aromatic carbocycles. The highest BCUT2D eigenvalue weighted by molar-refractivity contribution is 5.99. The maximum atomic E-state index is 11.3. The Balaban J connectivity index is 3.16. The summed E-state index contributed by atoms with van der Waals surface area (Å²) in [5, 5.41) is 0. The van der Waals surface area contributed by atoms with Crippen molar-refractivity contribution in [2.45, 2.75) is 33.6 Å². The van der Waals surface area contributed by atoms with Gasteiger partial charge in [-0.3, -0.25) is 4.79 Å². The third-order valence-corrected chi connectivity index (χ3v) is 2.37. The van der Waals surface area contributed by atoms with Gasteiger partial charge < -0.3 is 0 Å². The number of hydrogen-bond acceptors (Lipinski definition) is 1. The van der Waals surface area contributed by atoms with Crippen LogP contribution < -0.4 is 0 Å². The Kier molecular flexibility index (Phi) is 2.86. The Morgan fingerprint density at radius 1 is 1.46 bits per heavy atom. The Hall–Kier alpha value is -1.11. The minimum Gasteiger partial charge on any atom is -0.295 e. The molecule has 0 saturated carbocycles. The molecular weight excluding hydrogens is 160 g/mol. The molecule has 0 spiro atoms. The van der Waals surface area contributed by atoms with E-state index in [1.165, 1.54) is 5.57 Å². The monoisotopic (exact) mass is 176 g/mol. The van der Waals surface area contributed by atoms with Gasteiger partial charge >= 0.3 is 0 Å². The van der Waals surface area contributed by atoms with Gasteiger partial charge in [0.2, 0.25) is 0 Å². The second-order valence-electron chi connectivity index (χ2n) is 3.65. The van der Waals surface area contributed by atoms with Gasteiger partial charge in [-0.15, -0.1) is 0 Å². The minimum absolute atomic E-state index is 0.150. The van der Waals surface area contributed by atoms with Crippen molar-refractivity contribution in [2.24, 2.45) is 0 Å². The van der Waals surface area contributed by atoms with Gasteiger partial charge in [-0.2, -0.15) is 0 Å². The van der Waals surface area contributed by atoms with E-state index in [-0.39, 0.29) is 5.78 Å². The summed E-state index contributed by atoms with van der Waals surface area (Å²) in [5.74, 6) is 0.150. The first-order chi connectivity index (χ1) is 6.04. The normalized spacial score (nSPS) is 17.0. The van der Waals surface area contributed by atoms with Crippen LogP contribution in [0.5, 0.6) is 0 Å². The van der Waals surface area contributed by atoms with Crippen molar-refractivity contribution in [3.8, 4) is 0 Å². The molecule has 0 unspecified atom stereocenters. The molecule has 0 aromatic heterocycles. The summed E-state index contributed by atoms with van der Waals surface area (Å²) < 4.78 is 0. The zero-order chi connectivity index (χ0) is 10.0. The Bertz CT molecular complexity index is 316. The molecule has 0 bridgehead atoms. The van der Waals surface area contributed by atoms with E-state index in [4.69, 9.17) is 0 Å². The molecule has 0 N–H and O–H groups in total. The molecule has 0 fully saturated rings. The first-order valence-electron chi connectivity index (χ1n) is 4.61. The second kappa shape index (κ2) is 3.73. The van der Waals surface area contributed by atoms with Gasteiger partial charge in [-0.05, 0) is 39.2 Å². The van der Waals surface area contributed by atoms with Gasteiger partial charge in [0.25, 0.3) is 0 Å². The lowest BCUT2D eigenvalue weighted by Gasteiger charge is -2.18. The maximum Gasteiger partial charge on any atom is 0.160 e. The van der Waals surface area contributed by atoms with E-state index in [2.05, 4.69) is 13.5 Å². The van der Waals surface area contributed by atoms with Crippen LogP contribution in [0.3, 0.4) is 0 Å². The van der Waals surface area contributed by atoms with Crippen LogP contribution in [0.15, 0.2) is 34.9 Å². The molecule has 0 saturated heterocycles. The number of ketones is 1. The highest BCUT2D eigenvalue weighted by Crippen LogP contribution is 2.29. The predicted octanol–water partition coefficient (Wildman–Crippen LogP) is 3.19. The molecule has 1 rings (SSSR count). The van der Waals surface area contributed by atoms with E-state index in [1.54, 1.807) is 6.92 Å². The van der Waals surface area contributed by atoms with Gasteiger partial charge in [-0.25, -0.2) is 0 Å². The number of allylic oxidation sites excluding steroid dienone is 5. The number of Topliss-reactive ketones (excluding diaryl/α,β-unsaturated/α-hetero) is 1. The van der Waals surface area contributed by atoms with E-state index >= 15 is 0 Å². The number of rotatable bonds is 2. The zero-order valence-electron chi connectivity index (χ0n) is 8.61. The first-order valence-corrected chi connectivity index (χ1v) is 4.61. The highest BCUT2D eigenvalue weighted by atomic mass is 16.1. The van der Waals surface area contributed by atoms with Crippen molar-refractivity contribution in [1.82, 2.24) is 0 Å². The maximum absolute atomic E-state index is 11.3. The lowest BCUT2D eigenvalue weighted by molar-refractivity contribution is -0.113. The molecule has 0 amide bonds. The molecule has 1 aliphatic carbocycles. The summed E-state index contributed by atoms with van der Waals surface area (Å²) in [6.07, 6.45) is 4.07. The third-order valence-electron chi connectivity index (χ3n) is 2.37. The number of carbonyl (C=O) groups is 1. The van der Waals surface area contributed by atoms with Crippen molar-refractivity contribution < 1.29 is 4.79 Å². The van der Waals surface area contributed by atoms with Crippen LogP contribution in [-0.4, -0.2) is 5.78 Å². The van der Waals surface area contributed by atoms with Crippen molar-refractivity contribution in [2.75, 3.05) is 0 Å². The molecule has 0 heterocycles. The Morgan fingerprint density at radius 3 is 2.46 bits per heavy atom. The fourth-order valence-corrected chi connectivity index (χ4v) is 1.80. The van der Waals surface area contributed by atoms with Crippen molar-refractivity contribution in [1.29, 1.82) is 0 Å². The smallest absolute Gasteiger partial charge is 0.160 e. The summed E-state index contributed by atoms with van der Waals surface area (Å²) in [5.41, 5.74) is 4.23. The molecule has 1 heteroatoms. The van der Waals surface area contributed by atoms with Crippen LogP contribution in [0.2, 0.25) is 0 Å². The zero-order valence-corrected chi connectivity index (χ0v) is 8.61. The van der Waals surface area contributed by atoms with Crippen LogP contribution in [0.25, 0.3) is 0 Å². The van der Waals surface area contributed by atoms with E-state index in [9.17, 15) is 4.79 Å². The molecule has 1 nitrogen and oxygen atoms in total. The molecule has 70 valence electrons. The SMILES string of the molecule is C=C(C)C1=C(C)CCC=C1C(C)=O. The van der Waals surface area contributed by atoms with E-state index in [0.717, 1.165) is 29.6 Å². The van der Waals surface area contributed by atoms with Gasteiger partial charge in [0.1, 0.15) is 0 Å². The van der Waals surface area contributed by atoms with E-state index in [0.29, 0.717) is 0 Å². The van der Waals surface area contributed by atoms with Crippen LogP contribution in [0.1, 0.15) is 33.6 Å². The third kappa shape index (κ3) is 1.97. The summed E-state index contributed by atoms with van der Waals surface area (Å²) in [6, 6.07) is 0. The van der Waals surface area contributed by atoms with Gasteiger partial charge in [0.05, 0.1) is 0 Å². The molecule has 0 atom stereocenters. The molecule has 1 aliphatic rings. The lowest BCUT2D eigenvalue weighted by Crippen LogP contribution is -2.07. The van der Waals surface area contributed by atoms with Gasteiger partial charge in [0.15, 0.2) is 5.78 Å². The summed E-state index contributed by atoms with van der Waals surface area (Å²) in [7, 11) is 0. The summed E-state index contributed by atoms with van der Waals surface area (Å²) in [6.45, 7) is 9.57. The first kappa shape index (κ1) is 9.97. The van der Waals surface area contributed by atoms with Crippen LogP contribution >= 0.6 is 0 Å². The molecular formula is C12H16O. The summed E-state index contributed by atoms with van der Waals surface area (Å²) >= 11 is 0. The second-order valence-corrected chi connectivity index (χ2v) is 3.65. The largest absolute Gasteiger partial charge is 0.295 e. The van der Waals surface area contributed by atoms with Gasteiger partial charge in [-0.1, -0.05) is 23.8 Å². The fraction of sp³-hybridized carbons (Fsp3) is 0.417. The van der Waals surface area contributed by atoms with Crippen LogP contribution in [0.4, 0.5) is 0 Å². The van der Waals surface area contributed by atoms with Gasteiger partial charge in [0, 0.05) is 5.57 Å². The van der Waals surface area contributed by atoms with Crippen molar-refractivity contribution in [3.63, 3.8) is 0 Å². The molecule has 13 heavy (non-hydrogen) atoms. The highest BCUT2D eigenvalue weighted by Gasteiger charge is 2.16.